The molecule has 0 saturated carbocycles. The second kappa shape index (κ2) is 6.62. The number of aromatic nitrogens is 1. The largest absolute Gasteiger partial charge is 0.389 e. The van der Waals surface area contributed by atoms with Crippen molar-refractivity contribution in [2.45, 2.75) is 24.5 Å². The van der Waals surface area contributed by atoms with Crippen LogP contribution >= 0.6 is 24.0 Å². The number of nitrogens with two attached hydrogens (primary N) is 1. The van der Waals surface area contributed by atoms with Crippen molar-refractivity contribution in [2.75, 3.05) is 17.6 Å². The van der Waals surface area contributed by atoms with Crippen LogP contribution in [0.15, 0.2) is 30.5 Å². The fourth-order valence-corrected chi connectivity index (χ4v) is 4.10. The van der Waals surface area contributed by atoms with Gasteiger partial charge < -0.3 is 11.1 Å². The van der Waals surface area contributed by atoms with Crippen LogP contribution in [0.4, 0.5) is 5.69 Å². The zero-order valence-electron chi connectivity index (χ0n) is 11.8. The molecule has 1 aromatic heterocycles. The zero-order chi connectivity index (χ0) is 14.7. The Morgan fingerprint density at radius 2 is 2.24 bits per heavy atom. The molecule has 3 rings (SSSR count). The van der Waals surface area contributed by atoms with E-state index in [1.165, 1.54) is 25.0 Å². The molecule has 1 aliphatic rings. The van der Waals surface area contributed by atoms with Gasteiger partial charge in [0.25, 0.3) is 0 Å². The first-order valence-electron chi connectivity index (χ1n) is 7.29. The third-order valence-electron chi connectivity index (χ3n) is 3.82. The van der Waals surface area contributed by atoms with E-state index in [4.69, 9.17) is 18.0 Å². The number of hydrogen-bond acceptors (Lipinski definition) is 4. The number of hydrogen-bond donors (Lipinski definition) is 2. The van der Waals surface area contributed by atoms with E-state index in [9.17, 15) is 0 Å². The van der Waals surface area contributed by atoms with E-state index in [1.807, 2.05) is 18.2 Å². The molecule has 3 N–H and O–H groups in total. The number of pyridine rings is 1. The molecule has 1 aliphatic heterocycles. The Morgan fingerprint density at radius 3 is 3.00 bits per heavy atom. The number of nitrogens with one attached hydrogen (secondary N) is 1. The first-order valence-corrected chi connectivity index (χ1v) is 8.74. The van der Waals surface area contributed by atoms with Crippen molar-refractivity contribution in [3.63, 3.8) is 0 Å². The first kappa shape index (κ1) is 14.6. The maximum atomic E-state index is 5.86. The summed E-state index contributed by atoms with van der Waals surface area (Å²) in [4.78, 5) is 4.84. The van der Waals surface area contributed by atoms with E-state index in [-0.39, 0.29) is 0 Å². The minimum atomic E-state index is 0.395. The van der Waals surface area contributed by atoms with Crippen LogP contribution in [0.2, 0.25) is 0 Å². The molecular formula is C16H19N3S2. The van der Waals surface area contributed by atoms with Gasteiger partial charge in [-0.25, -0.2) is 0 Å². The normalized spacial score (nSPS) is 18.6. The Labute approximate surface area is 134 Å². The molecule has 1 atom stereocenters. The van der Waals surface area contributed by atoms with E-state index < -0.39 is 0 Å². The molecule has 2 aromatic rings. The predicted molar refractivity (Wildman–Crippen MR) is 96.2 cm³/mol. The Morgan fingerprint density at radius 1 is 1.38 bits per heavy atom. The average molecular weight is 317 g/mol. The number of nitrogens with zero attached hydrogens (tertiary/aromatic N) is 1. The third-order valence-corrected chi connectivity index (χ3v) is 5.44. The molecule has 0 spiro atoms. The molecule has 3 nitrogen and oxygen atoms in total. The molecule has 1 unspecified atom stereocenters. The summed E-state index contributed by atoms with van der Waals surface area (Å²) >= 11 is 7.24. The Hall–Kier alpha value is -1.33. The first-order chi connectivity index (χ1) is 10.3. The second-order valence-electron chi connectivity index (χ2n) is 5.30. The molecule has 1 aromatic carbocycles. The smallest absolute Gasteiger partial charge is 0.107 e. The molecule has 0 aliphatic carbocycles. The van der Waals surface area contributed by atoms with Gasteiger partial charge in [0, 0.05) is 23.4 Å². The van der Waals surface area contributed by atoms with Gasteiger partial charge in [-0.2, -0.15) is 11.8 Å². The summed E-state index contributed by atoms with van der Waals surface area (Å²) in [7, 11) is 0. The lowest BCUT2D eigenvalue weighted by Gasteiger charge is -2.23. The highest BCUT2D eigenvalue weighted by molar-refractivity contribution is 7.99. The number of rotatable bonds is 4. The second-order valence-corrected chi connectivity index (χ2v) is 7.15. The fraction of sp³-hybridized carbons (Fsp3) is 0.375. The lowest BCUT2D eigenvalue weighted by molar-refractivity contribution is 0.678. The van der Waals surface area contributed by atoms with Gasteiger partial charge in [-0.15, -0.1) is 0 Å². The number of thioether (sulfide) groups is 1. The van der Waals surface area contributed by atoms with Gasteiger partial charge in [-0.1, -0.05) is 36.8 Å². The van der Waals surface area contributed by atoms with Crippen LogP contribution in [-0.2, 0) is 0 Å². The highest BCUT2D eigenvalue weighted by Crippen LogP contribution is 2.29. The van der Waals surface area contributed by atoms with Gasteiger partial charge in [0.05, 0.1) is 16.8 Å². The van der Waals surface area contributed by atoms with Crippen LogP contribution in [0.5, 0.6) is 0 Å². The standard InChI is InChI=1S/C16H19N3S2/c17-16(20)13-10-18-14-7-2-1-6-12(14)15(13)19-9-11-5-3-4-8-21-11/h1-2,6-7,10-11H,3-5,8-9H2,(H2,17,20)(H,18,19). The van der Waals surface area contributed by atoms with E-state index in [1.54, 1.807) is 6.20 Å². The molecule has 1 fully saturated rings. The summed E-state index contributed by atoms with van der Waals surface area (Å²) in [6, 6.07) is 8.10. The van der Waals surface area contributed by atoms with Crippen molar-refractivity contribution in [3.05, 3.63) is 36.0 Å². The molecular weight excluding hydrogens is 298 g/mol. The maximum absolute atomic E-state index is 5.86. The number of benzene rings is 1. The molecule has 5 heteroatoms. The lowest BCUT2D eigenvalue weighted by atomic mass is 10.1. The predicted octanol–water partition coefficient (Wildman–Crippen LogP) is 3.57. The van der Waals surface area contributed by atoms with Crippen molar-refractivity contribution in [1.82, 2.24) is 4.98 Å². The Kier molecular flexibility index (Phi) is 4.60. The van der Waals surface area contributed by atoms with Crippen molar-refractivity contribution in [2.24, 2.45) is 5.73 Å². The van der Waals surface area contributed by atoms with Gasteiger partial charge in [-0.3, -0.25) is 4.98 Å². The molecule has 0 bridgehead atoms. The minimum Gasteiger partial charge on any atom is -0.389 e. The highest BCUT2D eigenvalue weighted by atomic mass is 32.2. The minimum absolute atomic E-state index is 0.395. The van der Waals surface area contributed by atoms with Crippen LogP contribution in [0.25, 0.3) is 10.9 Å². The topological polar surface area (TPSA) is 50.9 Å². The van der Waals surface area contributed by atoms with Crippen LogP contribution in [0.1, 0.15) is 24.8 Å². The van der Waals surface area contributed by atoms with Gasteiger partial charge in [0.2, 0.25) is 0 Å². The molecule has 1 saturated heterocycles. The van der Waals surface area contributed by atoms with Crippen molar-refractivity contribution in [3.8, 4) is 0 Å². The van der Waals surface area contributed by atoms with Crippen LogP contribution in [-0.4, -0.2) is 27.5 Å². The average Bonchev–Trinajstić information content (AvgIpc) is 2.53. The lowest BCUT2D eigenvalue weighted by Crippen LogP contribution is -2.22. The molecule has 2 heterocycles. The molecule has 0 radical (unpaired) electrons. The van der Waals surface area contributed by atoms with Gasteiger partial charge in [-0.05, 0) is 24.7 Å². The summed E-state index contributed by atoms with van der Waals surface area (Å²) in [5.74, 6) is 1.27. The maximum Gasteiger partial charge on any atom is 0.107 e. The fourth-order valence-electron chi connectivity index (χ4n) is 2.70. The third kappa shape index (κ3) is 3.30. The van der Waals surface area contributed by atoms with E-state index >= 15 is 0 Å². The summed E-state index contributed by atoms with van der Waals surface area (Å²) < 4.78 is 0. The Bertz CT molecular complexity index is 651. The van der Waals surface area contributed by atoms with Gasteiger partial charge in [0.15, 0.2) is 0 Å². The summed E-state index contributed by atoms with van der Waals surface area (Å²) in [5, 5.41) is 5.34. The van der Waals surface area contributed by atoms with Crippen molar-refractivity contribution in [1.29, 1.82) is 0 Å². The van der Waals surface area contributed by atoms with Crippen molar-refractivity contribution >= 4 is 45.6 Å². The quantitative estimate of drug-likeness (QED) is 0.844. The van der Waals surface area contributed by atoms with E-state index in [2.05, 4.69) is 28.1 Å². The number of thiocarbonyl (C=S) groups is 1. The Balaban J connectivity index is 1.90. The zero-order valence-corrected chi connectivity index (χ0v) is 13.5. The van der Waals surface area contributed by atoms with Crippen LogP contribution in [0.3, 0.4) is 0 Å². The summed E-state index contributed by atoms with van der Waals surface area (Å²) in [6.45, 7) is 0.953. The number of anilines is 1. The number of fused-ring (bicyclic) bond motifs is 1. The molecule has 110 valence electrons. The van der Waals surface area contributed by atoms with Gasteiger partial charge >= 0.3 is 0 Å². The van der Waals surface area contributed by atoms with Crippen molar-refractivity contribution < 1.29 is 0 Å². The summed E-state index contributed by atoms with van der Waals surface area (Å²) in [5.41, 5.74) is 8.69. The summed E-state index contributed by atoms with van der Waals surface area (Å²) in [6.07, 6.45) is 5.74. The number of para-hydroxylation sites is 1. The molecule has 21 heavy (non-hydrogen) atoms. The molecule has 0 amide bonds. The highest BCUT2D eigenvalue weighted by Gasteiger charge is 2.16. The van der Waals surface area contributed by atoms with E-state index in [0.717, 1.165) is 28.7 Å². The van der Waals surface area contributed by atoms with Crippen LogP contribution in [0, 0.1) is 0 Å². The monoisotopic (exact) mass is 317 g/mol. The SMILES string of the molecule is NC(=S)c1cnc2ccccc2c1NCC1CCCCS1. The van der Waals surface area contributed by atoms with E-state index in [0.29, 0.717) is 10.2 Å². The van der Waals surface area contributed by atoms with Crippen LogP contribution < -0.4 is 11.1 Å². The van der Waals surface area contributed by atoms with Gasteiger partial charge in [0.1, 0.15) is 4.99 Å².